The lowest BCUT2D eigenvalue weighted by molar-refractivity contribution is 0.0600. The van der Waals surface area contributed by atoms with Gasteiger partial charge in [-0.05, 0) is 54.1 Å². The second kappa shape index (κ2) is 7.86. The van der Waals surface area contributed by atoms with Crippen LogP contribution in [-0.4, -0.2) is 19.0 Å². The van der Waals surface area contributed by atoms with Crippen LogP contribution in [0.1, 0.15) is 38.1 Å². The SMILES string of the molecule is COC(=O)c1ccc(C2c3c(oc4ccc(F)cc4c3=O)C(=O)N2c2cccc(Cl)c2)cc1. The van der Waals surface area contributed by atoms with Gasteiger partial charge in [0.2, 0.25) is 5.76 Å². The third-order valence-corrected chi connectivity index (χ3v) is 5.80. The van der Waals surface area contributed by atoms with Crippen LogP contribution in [-0.2, 0) is 4.74 Å². The zero-order valence-electron chi connectivity index (χ0n) is 17.2. The molecule has 5 rings (SSSR count). The second-order valence-electron chi connectivity index (χ2n) is 7.49. The van der Waals surface area contributed by atoms with Crippen molar-refractivity contribution in [2.24, 2.45) is 0 Å². The molecule has 4 aromatic rings. The van der Waals surface area contributed by atoms with Crippen LogP contribution in [0.5, 0.6) is 0 Å². The lowest BCUT2D eigenvalue weighted by Gasteiger charge is -2.25. The number of benzene rings is 3. The van der Waals surface area contributed by atoms with E-state index < -0.39 is 29.2 Å². The Hall–Kier alpha value is -3.97. The van der Waals surface area contributed by atoms with Gasteiger partial charge in [0.15, 0.2) is 5.43 Å². The minimum Gasteiger partial charge on any atom is -0.465 e. The van der Waals surface area contributed by atoms with Crippen molar-refractivity contribution in [1.82, 2.24) is 0 Å². The summed E-state index contributed by atoms with van der Waals surface area (Å²) in [6, 6.07) is 15.7. The fraction of sp³-hybridized carbons (Fsp3) is 0.0800. The summed E-state index contributed by atoms with van der Waals surface area (Å²) < 4.78 is 24.4. The predicted molar refractivity (Wildman–Crippen MR) is 120 cm³/mol. The fourth-order valence-corrected chi connectivity index (χ4v) is 4.26. The van der Waals surface area contributed by atoms with E-state index in [1.165, 1.54) is 18.1 Å². The topological polar surface area (TPSA) is 76.8 Å². The van der Waals surface area contributed by atoms with Crippen LogP contribution in [0.25, 0.3) is 11.0 Å². The lowest BCUT2D eigenvalue weighted by atomic mass is 9.97. The summed E-state index contributed by atoms with van der Waals surface area (Å²) in [7, 11) is 1.28. The quantitative estimate of drug-likeness (QED) is 0.394. The molecule has 0 bridgehead atoms. The maximum Gasteiger partial charge on any atom is 0.337 e. The number of nitrogens with zero attached hydrogens (tertiary/aromatic N) is 1. The van der Waals surface area contributed by atoms with Crippen LogP contribution in [0.4, 0.5) is 10.1 Å². The zero-order chi connectivity index (χ0) is 23.3. The van der Waals surface area contributed by atoms with E-state index in [9.17, 15) is 18.8 Å². The first kappa shape index (κ1) is 20.9. The molecule has 0 radical (unpaired) electrons. The summed E-state index contributed by atoms with van der Waals surface area (Å²) in [4.78, 5) is 40.2. The van der Waals surface area contributed by atoms with Gasteiger partial charge in [0.1, 0.15) is 11.4 Å². The van der Waals surface area contributed by atoms with Gasteiger partial charge >= 0.3 is 5.97 Å². The number of rotatable bonds is 3. The third-order valence-electron chi connectivity index (χ3n) is 5.57. The van der Waals surface area contributed by atoms with Gasteiger partial charge in [-0.3, -0.25) is 14.5 Å². The summed E-state index contributed by atoms with van der Waals surface area (Å²) in [5.74, 6) is -1.76. The normalized spacial score (nSPS) is 15.1. The Kier molecular flexibility index (Phi) is 4.98. The monoisotopic (exact) mass is 463 g/mol. The highest BCUT2D eigenvalue weighted by Crippen LogP contribution is 2.41. The van der Waals surface area contributed by atoms with Crippen LogP contribution in [0, 0.1) is 5.82 Å². The standard InChI is InChI=1S/C25H15ClFNO5/c1-32-25(31)14-7-5-13(6-8-14)21-20-22(29)18-12-16(27)9-10-19(18)33-23(20)24(30)28(21)17-4-2-3-15(26)11-17/h2-12,21H,1H3. The van der Waals surface area contributed by atoms with E-state index in [-0.39, 0.29) is 22.3 Å². The van der Waals surface area contributed by atoms with Gasteiger partial charge in [0, 0.05) is 10.7 Å². The molecule has 1 aliphatic heterocycles. The molecule has 1 atom stereocenters. The Labute approximate surface area is 191 Å². The highest BCUT2D eigenvalue weighted by molar-refractivity contribution is 6.31. The number of methoxy groups -OCH3 is 1. The summed E-state index contributed by atoms with van der Waals surface area (Å²) >= 11 is 6.17. The van der Waals surface area contributed by atoms with Crippen molar-refractivity contribution in [3.05, 3.63) is 110 Å². The van der Waals surface area contributed by atoms with Gasteiger partial charge in [-0.15, -0.1) is 0 Å². The van der Waals surface area contributed by atoms with Gasteiger partial charge in [-0.2, -0.15) is 0 Å². The molecular formula is C25H15ClFNO5. The lowest BCUT2D eigenvalue weighted by Crippen LogP contribution is -2.29. The molecule has 1 unspecified atom stereocenters. The van der Waals surface area contributed by atoms with Gasteiger partial charge in [0.25, 0.3) is 5.91 Å². The number of esters is 1. The number of anilines is 1. The van der Waals surface area contributed by atoms with Crippen LogP contribution in [0.3, 0.4) is 0 Å². The molecule has 6 nitrogen and oxygen atoms in total. The average Bonchev–Trinajstić information content (AvgIpc) is 3.11. The maximum atomic E-state index is 13.9. The number of hydrogen-bond donors (Lipinski definition) is 0. The van der Waals surface area contributed by atoms with Crippen molar-refractivity contribution in [3.63, 3.8) is 0 Å². The molecule has 1 amide bonds. The van der Waals surface area contributed by atoms with Crippen LogP contribution >= 0.6 is 11.6 Å². The van der Waals surface area contributed by atoms with Crippen molar-refractivity contribution in [2.75, 3.05) is 12.0 Å². The van der Waals surface area contributed by atoms with Crippen molar-refractivity contribution in [1.29, 1.82) is 0 Å². The van der Waals surface area contributed by atoms with Crippen molar-refractivity contribution < 1.29 is 23.1 Å². The summed E-state index contributed by atoms with van der Waals surface area (Å²) in [5, 5.41) is 0.438. The second-order valence-corrected chi connectivity index (χ2v) is 7.92. The smallest absolute Gasteiger partial charge is 0.337 e. The number of fused-ring (bicyclic) bond motifs is 2. The predicted octanol–water partition coefficient (Wildman–Crippen LogP) is 5.12. The van der Waals surface area contributed by atoms with E-state index in [1.807, 2.05) is 0 Å². The highest BCUT2D eigenvalue weighted by atomic mass is 35.5. The molecule has 1 aromatic heterocycles. The molecule has 3 aromatic carbocycles. The molecule has 2 heterocycles. The Balaban J connectivity index is 1.77. The Morgan fingerprint density at radius 2 is 1.82 bits per heavy atom. The maximum absolute atomic E-state index is 13.9. The number of amides is 1. The number of hydrogen-bond acceptors (Lipinski definition) is 5. The molecule has 8 heteroatoms. The molecular weight excluding hydrogens is 449 g/mol. The molecule has 164 valence electrons. The fourth-order valence-electron chi connectivity index (χ4n) is 4.07. The summed E-state index contributed by atoms with van der Waals surface area (Å²) in [6.45, 7) is 0. The van der Waals surface area contributed by atoms with E-state index >= 15 is 0 Å². The Morgan fingerprint density at radius 3 is 2.52 bits per heavy atom. The van der Waals surface area contributed by atoms with Crippen molar-refractivity contribution >= 4 is 40.1 Å². The number of carbonyl (C=O) groups is 2. The summed E-state index contributed by atoms with van der Waals surface area (Å²) in [6.07, 6.45) is 0. The van der Waals surface area contributed by atoms with Crippen molar-refractivity contribution in [3.8, 4) is 0 Å². The molecule has 1 aliphatic rings. The van der Waals surface area contributed by atoms with Gasteiger partial charge in [-0.1, -0.05) is 29.8 Å². The first-order valence-electron chi connectivity index (χ1n) is 9.92. The zero-order valence-corrected chi connectivity index (χ0v) is 17.9. The number of carbonyl (C=O) groups excluding carboxylic acids is 2. The van der Waals surface area contributed by atoms with E-state index in [1.54, 1.807) is 48.5 Å². The Morgan fingerprint density at radius 1 is 1.06 bits per heavy atom. The van der Waals surface area contributed by atoms with Crippen LogP contribution in [0.2, 0.25) is 5.02 Å². The number of halogens is 2. The molecule has 0 aliphatic carbocycles. The first-order valence-corrected chi connectivity index (χ1v) is 10.3. The largest absolute Gasteiger partial charge is 0.465 e. The highest BCUT2D eigenvalue weighted by Gasteiger charge is 2.43. The van der Waals surface area contributed by atoms with E-state index in [0.29, 0.717) is 21.8 Å². The van der Waals surface area contributed by atoms with Gasteiger partial charge in [-0.25, -0.2) is 9.18 Å². The van der Waals surface area contributed by atoms with Crippen LogP contribution in [0.15, 0.2) is 75.9 Å². The summed E-state index contributed by atoms with van der Waals surface area (Å²) in [5.41, 5.74) is 1.01. The molecule has 33 heavy (non-hydrogen) atoms. The van der Waals surface area contributed by atoms with Gasteiger partial charge < -0.3 is 9.15 Å². The molecule has 0 saturated carbocycles. The van der Waals surface area contributed by atoms with E-state index in [0.717, 1.165) is 12.1 Å². The minimum absolute atomic E-state index is 0.0330. The van der Waals surface area contributed by atoms with E-state index in [2.05, 4.69) is 0 Å². The van der Waals surface area contributed by atoms with Gasteiger partial charge in [0.05, 0.1) is 29.7 Å². The third kappa shape index (κ3) is 3.37. The van der Waals surface area contributed by atoms with Crippen LogP contribution < -0.4 is 10.3 Å². The molecule has 0 spiro atoms. The Bertz CT molecular complexity index is 1500. The molecule has 0 saturated heterocycles. The number of ether oxygens (including phenoxy) is 1. The van der Waals surface area contributed by atoms with E-state index in [4.69, 9.17) is 20.8 Å². The molecule has 0 N–H and O–H groups in total. The average molecular weight is 464 g/mol. The first-order chi connectivity index (χ1) is 15.9. The van der Waals surface area contributed by atoms with Crippen molar-refractivity contribution in [2.45, 2.75) is 6.04 Å². The molecule has 0 fully saturated rings. The minimum atomic E-state index is -0.874.